The van der Waals surface area contributed by atoms with E-state index in [1.807, 2.05) is 75.4 Å². The molecule has 16 nitrogen and oxygen atoms in total. The fraction of sp³-hybridized carbons (Fsp3) is 0.554. The van der Waals surface area contributed by atoms with Gasteiger partial charge in [-0.3, -0.25) is 33.6 Å². The van der Waals surface area contributed by atoms with Crippen LogP contribution in [0.2, 0.25) is 0 Å². The van der Waals surface area contributed by atoms with Gasteiger partial charge in [0, 0.05) is 30.2 Å². The predicted octanol–water partition coefficient (Wildman–Crippen LogP) is 4.84. The van der Waals surface area contributed by atoms with Crippen molar-refractivity contribution < 1.29 is 38.7 Å². The lowest BCUT2D eigenvalue weighted by Crippen LogP contribution is -2.63. The van der Waals surface area contributed by atoms with Crippen molar-refractivity contribution >= 4 is 53.2 Å². The smallest absolute Gasteiger partial charge is 0.313 e. The minimum Gasteiger partial charge on any atom is -0.481 e. The first kappa shape index (κ1) is 55.0. The third-order valence-electron chi connectivity index (χ3n) is 15.5. The Balaban J connectivity index is 1.24. The molecule has 0 saturated carbocycles. The number of benzene rings is 3. The fourth-order valence-electron chi connectivity index (χ4n) is 10.9. The van der Waals surface area contributed by atoms with Crippen LogP contribution in [0.25, 0.3) is 0 Å². The Bertz CT molecular complexity index is 2560. The number of likely N-dealkylation sites (tertiary alicyclic amines) is 1. The first-order chi connectivity index (χ1) is 34.6. The van der Waals surface area contributed by atoms with Crippen molar-refractivity contribution in [3.8, 4) is 0 Å². The lowest BCUT2D eigenvalue weighted by molar-refractivity contribution is -0.145. The molecule has 0 spiro atoms. The SMILES string of the molecule is CNC(C)C(=O)NC(C(=O)N1CC(c2ccc3c(c2)CN(C(=O)C(NC(=O)C(C)NC)C(C)(C)SCC(=O)O)C(C(=O)NC2CCCc4ccccc42)C3)CC1C(=O)NC1CCCc2ccccc21)C(C)(C)C. The second-order valence-electron chi connectivity index (χ2n) is 22.0. The summed E-state index contributed by atoms with van der Waals surface area (Å²) in [6, 6.07) is 16.4. The quantitative estimate of drug-likeness (QED) is 0.0971. The maximum absolute atomic E-state index is 15.4. The van der Waals surface area contributed by atoms with Crippen LogP contribution in [-0.2, 0) is 59.4 Å². The van der Waals surface area contributed by atoms with E-state index in [0.29, 0.717) is 6.42 Å². The van der Waals surface area contributed by atoms with Crippen LogP contribution in [0.5, 0.6) is 0 Å². The third kappa shape index (κ3) is 12.6. The van der Waals surface area contributed by atoms with Gasteiger partial charge >= 0.3 is 5.97 Å². The molecule has 2 heterocycles. The van der Waals surface area contributed by atoms with Gasteiger partial charge in [-0.1, -0.05) is 87.5 Å². The molecule has 17 heteroatoms. The lowest BCUT2D eigenvalue weighted by Gasteiger charge is -2.42. The van der Waals surface area contributed by atoms with Crippen molar-refractivity contribution in [2.45, 2.75) is 165 Å². The van der Waals surface area contributed by atoms with Gasteiger partial charge in [0.1, 0.15) is 24.2 Å². The zero-order valence-electron chi connectivity index (χ0n) is 43.9. The number of likely N-dealkylation sites (N-methyl/N-ethyl adjacent to an activating group) is 2. The first-order valence-corrected chi connectivity index (χ1v) is 26.9. The summed E-state index contributed by atoms with van der Waals surface area (Å²) in [6.45, 7) is 12.7. The van der Waals surface area contributed by atoms with E-state index in [-0.39, 0.29) is 66.9 Å². The van der Waals surface area contributed by atoms with E-state index >= 15 is 9.59 Å². The molecule has 6 amide bonds. The van der Waals surface area contributed by atoms with Crippen LogP contribution in [0.1, 0.15) is 138 Å². The largest absolute Gasteiger partial charge is 0.481 e. The highest BCUT2D eigenvalue weighted by Crippen LogP contribution is 2.39. The maximum atomic E-state index is 15.4. The Labute approximate surface area is 434 Å². The molecule has 0 aromatic heterocycles. The van der Waals surface area contributed by atoms with Crippen LogP contribution in [0.3, 0.4) is 0 Å². The second-order valence-corrected chi connectivity index (χ2v) is 23.6. The van der Waals surface area contributed by atoms with Gasteiger partial charge in [-0.15, -0.1) is 11.8 Å². The fourth-order valence-corrected chi connectivity index (χ4v) is 11.7. The molecule has 4 aliphatic rings. The normalized spacial score (nSPS) is 22.3. The summed E-state index contributed by atoms with van der Waals surface area (Å²) >= 11 is 1.03. The molecular weight excluding hydrogens is 945 g/mol. The number of nitrogens with zero attached hydrogens (tertiary/aromatic N) is 2. The Morgan fingerprint density at radius 2 is 1.19 bits per heavy atom. The van der Waals surface area contributed by atoms with E-state index in [0.717, 1.165) is 78.1 Å². The van der Waals surface area contributed by atoms with E-state index in [9.17, 15) is 29.1 Å². The molecule has 2 aliphatic carbocycles. The number of aliphatic carboxylic acids is 1. The predicted molar refractivity (Wildman–Crippen MR) is 282 cm³/mol. The average Bonchev–Trinajstić information content (AvgIpc) is 3.83. The van der Waals surface area contributed by atoms with Crippen LogP contribution in [0.4, 0.5) is 0 Å². The van der Waals surface area contributed by atoms with E-state index in [2.05, 4.69) is 44.0 Å². The van der Waals surface area contributed by atoms with Crippen molar-refractivity contribution in [3.05, 3.63) is 106 Å². The number of amides is 6. The summed E-state index contributed by atoms with van der Waals surface area (Å²) in [7, 11) is 3.31. The van der Waals surface area contributed by atoms with Crippen LogP contribution in [0, 0.1) is 5.41 Å². The highest BCUT2D eigenvalue weighted by molar-refractivity contribution is 8.01. The number of fused-ring (bicyclic) bond motifs is 3. The summed E-state index contributed by atoms with van der Waals surface area (Å²) in [5, 5.41) is 28.1. The molecule has 394 valence electrons. The molecule has 7 N–H and O–H groups in total. The standard InChI is InChI=1S/C56H76N8O8S/c1-32(57-8)49(67)61-47(55(3,4)5)53(71)63-30-39(28-45(63)52(70)60-43-23-15-19-35-17-11-13-21-41(35)43)36-24-25-37-27-44(51(69)59-42-22-14-18-34-16-10-12-20-40(34)42)64(29-38(37)26-36)54(72)48(62-50(68)33(2)58-9)56(6,7)73-31-46(65)66/h10-13,16-17,20-21,24-26,32-33,39,42-45,47-48,57-58H,14-15,18-19,22-23,27-31H2,1-9H3,(H,59,69)(H,60,70)(H,61,67)(H,62,68)(H,65,66). The van der Waals surface area contributed by atoms with E-state index in [1.54, 1.807) is 46.7 Å². The van der Waals surface area contributed by atoms with E-state index in [4.69, 9.17) is 0 Å². The lowest BCUT2D eigenvalue weighted by atomic mass is 9.85. The van der Waals surface area contributed by atoms with Gasteiger partial charge in [-0.05, 0) is 131 Å². The van der Waals surface area contributed by atoms with Crippen molar-refractivity contribution in [1.29, 1.82) is 0 Å². The molecule has 2 aliphatic heterocycles. The van der Waals surface area contributed by atoms with Gasteiger partial charge in [-0.25, -0.2) is 0 Å². The van der Waals surface area contributed by atoms with Crippen LogP contribution >= 0.6 is 11.8 Å². The monoisotopic (exact) mass is 1020 g/mol. The number of carboxylic acids is 1. The minimum absolute atomic E-state index is 0.00285. The molecule has 1 fully saturated rings. The summed E-state index contributed by atoms with van der Waals surface area (Å²) in [4.78, 5) is 102. The van der Waals surface area contributed by atoms with Crippen LogP contribution < -0.4 is 31.9 Å². The Hall–Kier alpha value is -5.78. The number of carbonyl (C=O) groups excluding carboxylic acids is 6. The van der Waals surface area contributed by atoms with Crippen LogP contribution in [-0.4, -0.2) is 124 Å². The molecule has 7 rings (SSSR count). The topological polar surface area (TPSA) is 218 Å². The highest BCUT2D eigenvalue weighted by Gasteiger charge is 2.48. The molecule has 3 aromatic rings. The number of carbonyl (C=O) groups is 7. The molecule has 73 heavy (non-hydrogen) atoms. The first-order valence-electron chi connectivity index (χ1n) is 25.9. The number of aryl methyl sites for hydroxylation is 2. The Morgan fingerprint density at radius 1 is 0.671 bits per heavy atom. The number of hydrogen-bond donors (Lipinski definition) is 7. The summed E-state index contributed by atoms with van der Waals surface area (Å²) in [6.07, 6.45) is 5.57. The van der Waals surface area contributed by atoms with Gasteiger partial charge in [0.15, 0.2) is 0 Å². The summed E-state index contributed by atoms with van der Waals surface area (Å²) < 4.78 is -1.13. The van der Waals surface area contributed by atoms with Gasteiger partial charge in [0.25, 0.3) is 0 Å². The minimum atomic E-state index is -1.23. The van der Waals surface area contributed by atoms with E-state index < -0.39 is 64.2 Å². The zero-order chi connectivity index (χ0) is 52.9. The number of rotatable bonds is 17. The molecular formula is C56H76N8O8S. The highest BCUT2D eigenvalue weighted by atomic mass is 32.2. The molecule has 9 unspecified atom stereocenters. The van der Waals surface area contributed by atoms with Crippen molar-refractivity contribution in [3.63, 3.8) is 0 Å². The number of carboxylic acid groups (broad SMARTS) is 1. The van der Waals surface area contributed by atoms with Gasteiger partial charge in [0.05, 0.1) is 29.9 Å². The molecule has 1 saturated heterocycles. The van der Waals surface area contributed by atoms with Gasteiger partial charge in [-0.2, -0.15) is 0 Å². The number of hydrogen-bond acceptors (Lipinski definition) is 10. The molecule has 0 radical (unpaired) electrons. The Kier molecular flexibility index (Phi) is 17.5. The number of thioether (sulfide) groups is 1. The van der Waals surface area contributed by atoms with Crippen molar-refractivity contribution in [2.75, 3.05) is 26.4 Å². The van der Waals surface area contributed by atoms with Crippen molar-refractivity contribution in [2.24, 2.45) is 5.41 Å². The van der Waals surface area contributed by atoms with Crippen LogP contribution in [0.15, 0.2) is 66.7 Å². The molecule has 3 aromatic carbocycles. The van der Waals surface area contributed by atoms with E-state index in [1.165, 1.54) is 16.0 Å². The second kappa shape index (κ2) is 23.2. The third-order valence-corrected chi connectivity index (χ3v) is 16.9. The van der Waals surface area contributed by atoms with Gasteiger partial charge < -0.3 is 46.8 Å². The molecule has 9 atom stereocenters. The zero-order valence-corrected chi connectivity index (χ0v) is 44.7. The Morgan fingerprint density at radius 3 is 1.73 bits per heavy atom. The summed E-state index contributed by atoms with van der Waals surface area (Å²) in [5.74, 6) is -4.00. The average molecular weight is 1020 g/mol. The van der Waals surface area contributed by atoms with Gasteiger partial charge in [0.2, 0.25) is 35.4 Å². The number of nitrogens with one attached hydrogen (secondary N) is 6. The maximum Gasteiger partial charge on any atom is 0.313 e. The summed E-state index contributed by atoms with van der Waals surface area (Å²) in [5.41, 5.74) is 6.22. The molecule has 0 bridgehead atoms. The van der Waals surface area contributed by atoms with Crippen molar-refractivity contribution in [1.82, 2.24) is 41.7 Å².